The summed E-state index contributed by atoms with van der Waals surface area (Å²) in [6.45, 7) is 2.58. The van der Waals surface area contributed by atoms with Crippen LogP contribution in [-0.4, -0.2) is 24.4 Å². The average Bonchev–Trinajstić information content (AvgIpc) is 3.25. The van der Waals surface area contributed by atoms with Gasteiger partial charge in [-0.05, 0) is 73.2 Å². The number of nitrogens with zero attached hydrogens (tertiary/aromatic N) is 2. The molecule has 2 aliphatic heterocycles. The van der Waals surface area contributed by atoms with Gasteiger partial charge >= 0.3 is 0 Å². The number of hydrogen-bond acceptors (Lipinski definition) is 5. The van der Waals surface area contributed by atoms with Crippen LogP contribution in [0.5, 0.6) is 17.2 Å². The molecule has 5 rings (SSSR count). The van der Waals surface area contributed by atoms with E-state index in [1.54, 1.807) is 13.2 Å². The molecule has 0 unspecified atom stereocenters. The molecule has 5 nitrogen and oxygen atoms in total. The van der Waals surface area contributed by atoms with Gasteiger partial charge in [-0.2, -0.15) is 5.10 Å². The Labute approximate surface area is 197 Å². The van der Waals surface area contributed by atoms with Crippen LogP contribution in [0.3, 0.4) is 0 Å². The molecule has 0 radical (unpaired) electrons. The van der Waals surface area contributed by atoms with E-state index in [-0.39, 0.29) is 6.04 Å². The highest BCUT2D eigenvalue weighted by Gasteiger charge is 2.42. The van der Waals surface area contributed by atoms with E-state index in [2.05, 4.69) is 0 Å². The van der Waals surface area contributed by atoms with E-state index in [9.17, 15) is 0 Å². The highest BCUT2D eigenvalue weighted by Crippen LogP contribution is 2.50. The molecule has 3 aromatic carbocycles. The van der Waals surface area contributed by atoms with Crippen LogP contribution in [0.4, 0.5) is 0 Å². The van der Waals surface area contributed by atoms with Crippen LogP contribution in [0.15, 0.2) is 65.8 Å². The van der Waals surface area contributed by atoms with Crippen molar-refractivity contribution in [2.75, 3.05) is 13.7 Å². The van der Waals surface area contributed by atoms with Crippen molar-refractivity contribution in [3.05, 3.63) is 87.4 Å². The summed E-state index contributed by atoms with van der Waals surface area (Å²) in [5.41, 5.74) is 3.92. The van der Waals surface area contributed by atoms with Crippen molar-refractivity contribution in [2.24, 2.45) is 5.10 Å². The molecule has 32 heavy (non-hydrogen) atoms. The SMILES string of the molecule is CCOc1ccc([C@@H]2Oc3c(Cl)cc(Cl)cc3[C@@H]3CC(c4ccc(OC)cc4)=NN32)cc1. The van der Waals surface area contributed by atoms with Crippen molar-refractivity contribution in [2.45, 2.75) is 25.6 Å². The van der Waals surface area contributed by atoms with E-state index in [0.29, 0.717) is 28.8 Å². The van der Waals surface area contributed by atoms with Crippen molar-refractivity contribution in [3.63, 3.8) is 0 Å². The quantitative estimate of drug-likeness (QED) is 0.420. The summed E-state index contributed by atoms with van der Waals surface area (Å²) in [6, 6.07) is 19.4. The highest BCUT2D eigenvalue weighted by atomic mass is 35.5. The van der Waals surface area contributed by atoms with Gasteiger partial charge in [0.2, 0.25) is 6.23 Å². The van der Waals surface area contributed by atoms with Gasteiger partial charge in [0.25, 0.3) is 0 Å². The van der Waals surface area contributed by atoms with Gasteiger partial charge in [-0.15, -0.1) is 0 Å². The number of methoxy groups -OCH3 is 1. The fraction of sp³-hybridized carbons (Fsp3) is 0.240. The van der Waals surface area contributed by atoms with Gasteiger partial charge in [-0.1, -0.05) is 23.2 Å². The maximum atomic E-state index is 6.54. The van der Waals surface area contributed by atoms with E-state index in [1.807, 2.05) is 66.5 Å². The zero-order valence-electron chi connectivity index (χ0n) is 17.7. The second-order valence-corrected chi connectivity index (χ2v) is 8.50. The number of hydrazone groups is 1. The molecule has 0 aliphatic carbocycles. The van der Waals surface area contributed by atoms with Crippen molar-refractivity contribution in [1.29, 1.82) is 0 Å². The molecule has 2 atom stereocenters. The maximum Gasteiger partial charge on any atom is 0.213 e. The van der Waals surface area contributed by atoms with Crippen LogP contribution in [0, 0.1) is 0 Å². The fourth-order valence-electron chi connectivity index (χ4n) is 4.19. The number of benzene rings is 3. The topological polar surface area (TPSA) is 43.3 Å². The first-order valence-electron chi connectivity index (χ1n) is 10.5. The molecule has 164 valence electrons. The predicted molar refractivity (Wildman–Crippen MR) is 126 cm³/mol. The molecule has 0 fully saturated rings. The Hall–Kier alpha value is -2.89. The minimum absolute atomic E-state index is 0.0383. The smallest absolute Gasteiger partial charge is 0.213 e. The standard InChI is InChI=1S/C25H22Cl2N2O3/c1-3-31-19-10-6-16(7-11-19)25-29-23(20-12-17(26)13-21(27)24(20)32-25)14-22(28-29)15-4-8-18(30-2)9-5-15/h4-13,23,25H,3,14H2,1-2H3/t23-,25-/m0/s1. The minimum Gasteiger partial charge on any atom is -0.497 e. The molecule has 0 aromatic heterocycles. The van der Waals surface area contributed by atoms with E-state index in [0.717, 1.165) is 33.9 Å². The second-order valence-electron chi connectivity index (χ2n) is 7.65. The summed E-state index contributed by atoms with van der Waals surface area (Å²) < 4.78 is 17.3. The first kappa shape index (κ1) is 21.0. The van der Waals surface area contributed by atoms with Crippen LogP contribution < -0.4 is 14.2 Å². The van der Waals surface area contributed by atoms with E-state index in [4.69, 9.17) is 42.5 Å². The Morgan fingerprint density at radius 1 is 1.03 bits per heavy atom. The van der Waals surface area contributed by atoms with Crippen LogP contribution >= 0.6 is 23.2 Å². The fourth-order valence-corrected chi connectivity index (χ4v) is 4.74. The maximum absolute atomic E-state index is 6.54. The number of hydrogen-bond donors (Lipinski definition) is 0. The van der Waals surface area contributed by atoms with Crippen LogP contribution in [0.1, 0.15) is 42.3 Å². The predicted octanol–water partition coefficient (Wildman–Crippen LogP) is 6.64. The highest BCUT2D eigenvalue weighted by molar-refractivity contribution is 6.35. The largest absolute Gasteiger partial charge is 0.497 e. The summed E-state index contributed by atoms with van der Waals surface area (Å²) in [4.78, 5) is 0. The molecular weight excluding hydrogens is 447 g/mol. The average molecular weight is 469 g/mol. The first-order chi connectivity index (χ1) is 15.6. The van der Waals surface area contributed by atoms with Crippen LogP contribution in [0.2, 0.25) is 10.0 Å². The lowest BCUT2D eigenvalue weighted by Gasteiger charge is -2.38. The third-order valence-electron chi connectivity index (χ3n) is 5.71. The van der Waals surface area contributed by atoms with Crippen molar-refractivity contribution < 1.29 is 14.2 Å². The summed E-state index contributed by atoms with van der Waals surface area (Å²) in [5, 5.41) is 8.06. The van der Waals surface area contributed by atoms with Crippen molar-refractivity contribution in [3.8, 4) is 17.2 Å². The third kappa shape index (κ3) is 3.76. The zero-order chi connectivity index (χ0) is 22.2. The lowest BCUT2D eigenvalue weighted by Crippen LogP contribution is -2.33. The lowest BCUT2D eigenvalue weighted by atomic mass is 9.96. The van der Waals surface area contributed by atoms with Gasteiger partial charge in [-0.3, -0.25) is 0 Å². The molecule has 0 spiro atoms. The Balaban J connectivity index is 1.56. The summed E-state index contributed by atoms with van der Waals surface area (Å²) >= 11 is 12.9. The molecule has 0 amide bonds. The molecule has 7 heteroatoms. The summed E-state index contributed by atoms with van der Waals surface area (Å²) in [5.74, 6) is 2.28. The first-order valence-corrected chi connectivity index (χ1v) is 11.2. The molecule has 3 aromatic rings. The molecule has 0 saturated carbocycles. The number of halogens is 2. The minimum atomic E-state index is -0.419. The van der Waals surface area contributed by atoms with E-state index in [1.165, 1.54) is 0 Å². The Kier molecular flexibility index (Phi) is 5.62. The summed E-state index contributed by atoms with van der Waals surface area (Å²) in [7, 11) is 1.66. The number of ether oxygens (including phenoxy) is 3. The zero-order valence-corrected chi connectivity index (χ0v) is 19.2. The molecule has 2 aliphatic rings. The molecule has 0 saturated heterocycles. The van der Waals surface area contributed by atoms with Crippen LogP contribution in [0.25, 0.3) is 0 Å². The summed E-state index contributed by atoms with van der Waals surface area (Å²) in [6.07, 6.45) is 0.296. The number of rotatable bonds is 5. The monoisotopic (exact) mass is 468 g/mol. The van der Waals surface area contributed by atoms with E-state index < -0.39 is 6.23 Å². The lowest BCUT2D eigenvalue weighted by molar-refractivity contribution is -0.0189. The second kappa shape index (κ2) is 8.57. The van der Waals surface area contributed by atoms with Gasteiger partial charge in [0, 0.05) is 22.6 Å². The van der Waals surface area contributed by atoms with Crippen molar-refractivity contribution >= 4 is 28.9 Å². The van der Waals surface area contributed by atoms with E-state index >= 15 is 0 Å². The molecular formula is C25H22Cl2N2O3. The Morgan fingerprint density at radius 3 is 2.44 bits per heavy atom. The van der Waals surface area contributed by atoms with Crippen LogP contribution in [-0.2, 0) is 0 Å². The molecule has 0 bridgehead atoms. The number of fused-ring (bicyclic) bond motifs is 3. The Bertz CT molecular complexity index is 1160. The van der Waals surface area contributed by atoms with Gasteiger partial charge < -0.3 is 14.2 Å². The van der Waals surface area contributed by atoms with Gasteiger partial charge in [0.15, 0.2) is 0 Å². The normalized spacial score (nSPS) is 19.0. The third-order valence-corrected chi connectivity index (χ3v) is 6.21. The molecule has 2 heterocycles. The molecule has 0 N–H and O–H groups in total. The van der Waals surface area contributed by atoms with Gasteiger partial charge in [-0.25, -0.2) is 5.01 Å². The van der Waals surface area contributed by atoms with Crippen molar-refractivity contribution in [1.82, 2.24) is 5.01 Å². The van der Waals surface area contributed by atoms with Gasteiger partial charge in [0.1, 0.15) is 17.2 Å². The Morgan fingerprint density at radius 2 is 1.75 bits per heavy atom. The van der Waals surface area contributed by atoms with Gasteiger partial charge in [0.05, 0.1) is 30.5 Å².